The summed E-state index contributed by atoms with van der Waals surface area (Å²) in [4.78, 5) is 9.01. The van der Waals surface area contributed by atoms with Gasteiger partial charge in [0.2, 0.25) is 0 Å². The molecule has 0 saturated carbocycles. The topological polar surface area (TPSA) is 28.1 Å². The van der Waals surface area contributed by atoms with Crippen LogP contribution in [-0.2, 0) is 6.18 Å². The Morgan fingerprint density at radius 2 is 1.69 bits per heavy atom. The molecule has 2 aromatic rings. The van der Waals surface area contributed by atoms with Gasteiger partial charge in [-0.05, 0) is 37.2 Å². The van der Waals surface area contributed by atoms with E-state index in [2.05, 4.69) is 21.7 Å². The Balaban J connectivity index is 1.73. The Hall–Kier alpha value is -2.54. The quantitative estimate of drug-likeness (QED) is 0.696. The van der Waals surface area contributed by atoms with Gasteiger partial charge in [-0.3, -0.25) is 4.90 Å². The van der Waals surface area contributed by atoms with E-state index in [1.54, 1.807) is 6.07 Å². The number of piperazine rings is 1. The fourth-order valence-corrected chi connectivity index (χ4v) is 3.78. The van der Waals surface area contributed by atoms with E-state index in [0.29, 0.717) is 11.6 Å². The molecule has 0 aliphatic carbocycles. The monoisotopic (exact) mass is 403 g/mol. The van der Waals surface area contributed by atoms with E-state index >= 15 is 0 Å². The van der Waals surface area contributed by atoms with E-state index in [4.69, 9.17) is 4.74 Å². The third kappa shape index (κ3) is 4.10. The van der Waals surface area contributed by atoms with Crippen molar-refractivity contribution in [3.63, 3.8) is 0 Å². The molecule has 2 aliphatic rings. The van der Waals surface area contributed by atoms with E-state index in [-0.39, 0.29) is 11.4 Å². The molecule has 29 heavy (non-hydrogen) atoms. The van der Waals surface area contributed by atoms with Gasteiger partial charge in [0.25, 0.3) is 0 Å². The van der Waals surface area contributed by atoms with E-state index in [1.165, 1.54) is 12.1 Å². The molecule has 0 spiro atoms. The minimum Gasteiger partial charge on any atom is -0.454 e. The lowest BCUT2D eigenvalue weighted by Crippen LogP contribution is -2.49. The summed E-state index contributed by atoms with van der Waals surface area (Å²) in [7, 11) is 0. The molecule has 0 radical (unpaired) electrons. The van der Waals surface area contributed by atoms with Crippen molar-refractivity contribution >= 4 is 11.5 Å². The summed E-state index contributed by atoms with van der Waals surface area (Å²) in [5.74, 6) is 1.20. The van der Waals surface area contributed by atoms with Crippen LogP contribution in [0.15, 0.2) is 47.5 Å². The highest BCUT2D eigenvalue weighted by Gasteiger charge is 2.36. The lowest BCUT2D eigenvalue weighted by Gasteiger charge is -2.36. The molecule has 1 fully saturated rings. The highest BCUT2D eigenvalue weighted by atomic mass is 19.4. The molecule has 0 bridgehead atoms. The summed E-state index contributed by atoms with van der Waals surface area (Å²) < 4.78 is 46.8. The normalized spacial score (nSPS) is 17.1. The Kier molecular flexibility index (Phi) is 5.50. The molecule has 0 atom stereocenters. The first-order valence-electron chi connectivity index (χ1n) is 10.0. The fourth-order valence-electron chi connectivity index (χ4n) is 3.78. The van der Waals surface area contributed by atoms with Crippen LogP contribution in [0.2, 0.25) is 0 Å². The van der Waals surface area contributed by atoms with Gasteiger partial charge in [-0.2, -0.15) is 13.2 Å². The molecule has 154 valence electrons. The van der Waals surface area contributed by atoms with E-state index in [0.717, 1.165) is 57.2 Å². The van der Waals surface area contributed by atoms with Gasteiger partial charge in [-0.15, -0.1) is 0 Å². The highest BCUT2D eigenvalue weighted by Crippen LogP contribution is 2.45. The number of ether oxygens (including phenoxy) is 1. The van der Waals surface area contributed by atoms with Crippen molar-refractivity contribution in [1.29, 1.82) is 0 Å². The molecular formula is C22H24F3N3O. The van der Waals surface area contributed by atoms with Crippen LogP contribution in [0.4, 0.5) is 18.9 Å². The fraction of sp³-hybridized carbons (Fsp3) is 0.409. The number of amidine groups is 1. The molecular weight excluding hydrogens is 379 g/mol. The number of hydrogen-bond acceptors (Lipinski definition) is 4. The predicted molar refractivity (Wildman–Crippen MR) is 107 cm³/mol. The van der Waals surface area contributed by atoms with Gasteiger partial charge in [-0.25, -0.2) is 4.99 Å². The van der Waals surface area contributed by atoms with Crippen molar-refractivity contribution in [2.75, 3.05) is 32.7 Å². The first-order valence-corrected chi connectivity index (χ1v) is 10.0. The second kappa shape index (κ2) is 8.06. The minimum atomic E-state index is -4.50. The maximum atomic E-state index is 13.6. The number of para-hydroxylation sites is 2. The average molecular weight is 403 g/mol. The van der Waals surface area contributed by atoms with Crippen molar-refractivity contribution in [3.05, 3.63) is 53.6 Å². The second-order valence-corrected chi connectivity index (χ2v) is 7.37. The largest absolute Gasteiger partial charge is 0.454 e. The van der Waals surface area contributed by atoms with Crippen LogP contribution >= 0.6 is 0 Å². The Bertz CT molecular complexity index is 902. The van der Waals surface area contributed by atoms with Crippen LogP contribution in [-0.4, -0.2) is 48.4 Å². The van der Waals surface area contributed by atoms with E-state index in [9.17, 15) is 13.2 Å². The summed E-state index contributed by atoms with van der Waals surface area (Å²) in [6, 6.07) is 11.3. The van der Waals surface area contributed by atoms with Gasteiger partial charge in [0.1, 0.15) is 17.3 Å². The first-order chi connectivity index (χ1) is 14.0. The molecule has 2 heterocycles. The zero-order valence-electron chi connectivity index (χ0n) is 16.4. The summed E-state index contributed by atoms with van der Waals surface area (Å²) in [5.41, 5.74) is -0.208. The summed E-state index contributed by atoms with van der Waals surface area (Å²) >= 11 is 0. The second-order valence-electron chi connectivity index (χ2n) is 7.37. The zero-order valence-corrected chi connectivity index (χ0v) is 16.4. The zero-order chi connectivity index (χ0) is 20.4. The van der Waals surface area contributed by atoms with Crippen LogP contribution in [0.25, 0.3) is 0 Å². The number of aliphatic imine (C=N–C) groups is 1. The van der Waals surface area contributed by atoms with Crippen molar-refractivity contribution in [2.24, 2.45) is 4.99 Å². The summed E-state index contributed by atoms with van der Waals surface area (Å²) in [6.45, 7) is 6.41. The number of alkyl halides is 3. The van der Waals surface area contributed by atoms with Crippen LogP contribution in [0.3, 0.4) is 0 Å². The SMILES string of the molecule is CCCCN1CCN(C2=Nc3c(cccc3C(F)(F)F)Oc3ccccc32)CC1. The first kappa shape index (κ1) is 19.8. The van der Waals surface area contributed by atoms with Crippen molar-refractivity contribution < 1.29 is 17.9 Å². The molecule has 2 aromatic carbocycles. The van der Waals surface area contributed by atoms with Crippen molar-refractivity contribution in [2.45, 2.75) is 25.9 Å². The van der Waals surface area contributed by atoms with E-state index < -0.39 is 11.7 Å². The molecule has 7 heteroatoms. The van der Waals surface area contributed by atoms with Crippen LogP contribution < -0.4 is 4.74 Å². The van der Waals surface area contributed by atoms with Gasteiger partial charge in [0, 0.05) is 26.2 Å². The number of unbranched alkanes of at least 4 members (excludes halogenated alkanes) is 1. The number of fused-ring (bicyclic) bond motifs is 2. The molecule has 0 aromatic heterocycles. The standard InChI is InChI=1S/C22H24F3N3O/c1-2-3-11-27-12-14-28(15-13-27)21-16-7-4-5-9-18(16)29-19-10-6-8-17(20(19)26-21)22(23,24)25/h4-10H,2-3,11-15H2,1H3. The lowest BCUT2D eigenvalue weighted by atomic mass is 10.1. The van der Waals surface area contributed by atoms with Gasteiger partial charge in [0.05, 0.1) is 11.1 Å². The van der Waals surface area contributed by atoms with Crippen LogP contribution in [0.5, 0.6) is 11.5 Å². The molecule has 0 N–H and O–H groups in total. The predicted octanol–water partition coefficient (Wildman–Crippen LogP) is 5.31. The highest BCUT2D eigenvalue weighted by molar-refractivity contribution is 6.04. The van der Waals surface area contributed by atoms with Crippen LogP contribution in [0, 0.1) is 0 Å². The Labute approximate surface area is 168 Å². The van der Waals surface area contributed by atoms with E-state index in [1.807, 2.05) is 18.2 Å². The smallest absolute Gasteiger partial charge is 0.418 e. The maximum absolute atomic E-state index is 13.6. The Morgan fingerprint density at radius 3 is 2.41 bits per heavy atom. The third-order valence-electron chi connectivity index (χ3n) is 5.37. The average Bonchev–Trinajstić information content (AvgIpc) is 2.88. The van der Waals surface area contributed by atoms with Gasteiger partial charge >= 0.3 is 6.18 Å². The number of benzene rings is 2. The molecule has 4 nitrogen and oxygen atoms in total. The van der Waals surface area contributed by atoms with Gasteiger partial charge < -0.3 is 9.64 Å². The van der Waals surface area contributed by atoms with Gasteiger partial charge in [-0.1, -0.05) is 31.5 Å². The van der Waals surface area contributed by atoms with Crippen LogP contribution in [0.1, 0.15) is 30.9 Å². The minimum absolute atomic E-state index is 0.129. The molecule has 2 aliphatic heterocycles. The number of rotatable bonds is 3. The van der Waals surface area contributed by atoms with Crippen molar-refractivity contribution in [1.82, 2.24) is 9.80 Å². The van der Waals surface area contributed by atoms with Gasteiger partial charge in [0.15, 0.2) is 5.75 Å². The summed E-state index contributed by atoms with van der Waals surface area (Å²) in [6.07, 6.45) is -2.20. The van der Waals surface area contributed by atoms with Crippen molar-refractivity contribution in [3.8, 4) is 11.5 Å². The Morgan fingerprint density at radius 1 is 0.966 bits per heavy atom. The third-order valence-corrected chi connectivity index (χ3v) is 5.37. The maximum Gasteiger partial charge on any atom is 0.418 e. The number of nitrogens with zero attached hydrogens (tertiary/aromatic N) is 3. The number of halogens is 3. The number of hydrogen-bond donors (Lipinski definition) is 0. The summed E-state index contributed by atoms with van der Waals surface area (Å²) in [5, 5.41) is 0. The molecule has 4 rings (SSSR count). The molecule has 0 unspecified atom stereocenters. The lowest BCUT2D eigenvalue weighted by molar-refractivity contribution is -0.137. The molecule has 1 saturated heterocycles. The molecule has 0 amide bonds.